The molecule has 7 nitrogen and oxygen atoms in total. The average Bonchev–Trinajstić information content (AvgIpc) is 2.86. The van der Waals surface area contributed by atoms with Crippen LogP contribution in [0.4, 0.5) is 11.4 Å². The number of rotatable bonds is 4. The van der Waals surface area contributed by atoms with E-state index < -0.39 is 0 Å². The molecule has 176 valence electrons. The highest BCUT2D eigenvalue weighted by molar-refractivity contribution is 5.95. The number of hydrogen-bond acceptors (Lipinski definition) is 7. The lowest BCUT2D eigenvalue weighted by atomic mass is 10.0. The summed E-state index contributed by atoms with van der Waals surface area (Å²) in [5.41, 5.74) is 4.93. The fourth-order valence-electron chi connectivity index (χ4n) is 5.34. The van der Waals surface area contributed by atoms with Crippen molar-refractivity contribution in [3.8, 4) is 6.07 Å². The van der Waals surface area contributed by atoms with E-state index in [2.05, 4.69) is 75.8 Å². The average molecular weight is 456 g/mol. The van der Waals surface area contributed by atoms with Crippen molar-refractivity contribution in [1.29, 1.82) is 5.26 Å². The summed E-state index contributed by atoms with van der Waals surface area (Å²) in [6.45, 7) is 11.6. The number of benzene rings is 1. The summed E-state index contributed by atoms with van der Waals surface area (Å²) < 4.78 is 0. The molecule has 0 amide bonds. The predicted octanol–water partition coefficient (Wildman–Crippen LogP) is 3.35. The van der Waals surface area contributed by atoms with Gasteiger partial charge in [-0.15, -0.1) is 0 Å². The molecule has 34 heavy (non-hydrogen) atoms. The van der Waals surface area contributed by atoms with Gasteiger partial charge in [-0.05, 0) is 57.3 Å². The Labute approximate surface area is 202 Å². The van der Waals surface area contributed by atoms with Crippen LogP contribution >= 0.6 is 0 Å². The third kappa shape index (κ3) is 4.44. The van der Waals surface area contributed by atoms with Crippen LogP contribution < -0.4 is 9.80 Å². The van der Waals surface area contributed by atoms with Crippen LogP contribution in [0, 0.1) is 11.3 Å². The zero-order chi connectivity index (χ0) is 23.7. The van der Waals surface area contributed by atoms with E-state index in [1.807, 2.05) is 18.3 Å². The number of pyridine rings is 2. The van der Waals surface area contributed by atoms with Crippen LogP contribution in [0.3, 0.4) is 0 Å². The number of piperazine rings is 2. The van der Waals surface area contributed by atoms with Crippen LogP contribution in [0.1, 0.15) is 25.1 Å². The maximum Gasteiger partial charge on any atom is 0.101 e. The van der Waals surface area contributed by atoms with Crippen molar-refractivity contribution in [3.63, 3.8) is 0 Å². The molecule has 0 N–H and O–H groups in total. The number of aromatic nitrogens is 2. The van der Waals surface area contributed by atoms with Gasteiger partial charge < -0.3 is 14.7 Å². The van der Waals surface area contributed by atoms with E-state index in [0.29, 0.717) is 17.6 Å². The van der Waals surface area contributed by atoms with Crippen molar-refractivity contribution in [2.75, 3.05) is 56.1 Å². The van der Waals surface area contributed by atoms with E-state index >= 15 is 0 Å². The first-order valence-electron chi connectivity index (χ1n) is 12.2. The van der Waals surface area contributed by atoms with Crippen LogP contribution in [0.15, 0.2) is 48.8 Å². The minimum atomic E-state index is 0.380. The van der Waals surface area contributed by atoms with Gasteiger partial charge >= 0.3 is 0 Å². The Bertz CT molecular complexity index is 1170. The molecule has 0 aliphatic carbocycles. The molecule has 3 aromatic rings. The maximum atomic E-state index is 9.48. The highest BCUT2D eigenvalue weighted by atomic mass is 15.3. The number of nitrogens with zero attached hydrogens (tertiary/aromatic N) is 7. The van der Waals surface area contributed by atoms with E-state index in [9.17, 15) is 5.26 Å². The van der Waals surface area contributed by atoms with Crippen molar-refractivity contribution in [3.05, 3.63) is 60.0 Å². The predicted molar refractivity (Wildman–Crippen MR) is 137 cm³/mol. The number of hydrogen-bond donors (Lipinski definition) is 0. The first kappa shape index (κ1) is 22.6. The van der Waals surface area contributed by atoms with Gasteiger partial charge in [0, 0.05) is 75.2 Å². The van der Waals surface area contributed by atoms with E-state index in [-0.39, 0.29) is 0 Å². The third-order valence-corrected chi connectivity index (χ3v) is 7.33. The highest BCUT2D eigenvalue weighted by Crippen LogP contribution is 2.31. The molecule has 2 saturated heterocycles. The van der Waals surface area contributed by atoms with Gasteiger partial charge in [0.25, 0.3) is 0 Å². The van der Waals surface area contributed by atoms with Gasteiger partial charge in [0.1, 0.15) is 6.07 Å². The van der Waals surface area contributed by atoms with Crippen molar-refractivity contribution < 1.29 is 0 Å². The molecule has 5 rings (SSSR count). The lowest BCUT2D eigenvalue weighted by molar-refractivity contribution is 0.121. The van der Waals surface area contributed by atoms with Crippen molar-refractivity contribution in [2.24, 2.45) is 0 Å². The van der Waals surface area contributed by atoms with Crippen molar-refractivity contribution in [2.45, 2.75) is 32.5 Å². The third-order valence-electron chi connectivity index (χ3n) is 7.33. The first-order valence-corrected chi connectivity index (χ1v) is 12.2. The second kappa shape index (κ2) is 9.57. The molecule has 7 heteroatoms. The van der Waals surface area contributed by atoms with E-state index in [4.69, 9.17) is 4.98 Å². The zero-order valence-electron chi connectivity index (χ0n) is 20.4. The lowest BCUT2D eigenvalue weighted by Gasteiger charge is -2.45. The molecule has 2 fully saturated rings. The summed E-state index contributed by atoms with van der Waals surface area (Å²) in [4.78, 5) is 19.1. The van der Waals surface area contributed by atoms with Crippen LogP contribution in [-0.2, 0) is 6.54 Å². The summed E-state index contributed by atoms with van der Waals surface area (Å²) in [6.07, 6.45) is 3.81. The first-order chi connectivity index (χ1) is 16.5. The molecule has 2 atom stereocenters. The largest absolute Gasteiger partial charge is 0.368 e. The Balaban J connectivity index is 1.28. The van der Waals surface area contributed by atoms with Crippen molar-refractivity contribution in [1.82, 2.24) is 19.8 Å². The van der Waals surface area contributed by atoms with Gasteiger partial charge in [0.05, 0.1) is 28.7 Å². The van der Waals surface area contributed by atoms with Gasteiger partial charge in [-0.3, -0.25) is 14.9 Å². The Morgan fingerprint density at radius 2 is 1.71 bits per heavy atom. The van der Waals surface area contributed by atoms with Gasteiger partial charge in [-0.1, -0.05) is 0 Å². The number of anilines is 2. The molecule has 0 spiro atoms. The summed E-state index contributed by atoms with van der Waals surface area (Å²) in [5.74, 6) is 0. The van der Waals surface area contributed by atoms with Gasteiger partial charge in [0.15, 0.2) is 0 Å². The Kier molecular flexibility index (Phi) is 6.36. The lowest BCUT2D eigenvalue weighted by Crippen LogP contribution is -2.56. The molecule has 0 radical (unpaired) electrons. The maximum absolute atomic E-state index is 9.48. The second-order valence-corrected chi connectivity index (χ2v) is 9.72. The monoisotopic (exact) mass is 455 g/mol. The Morgan fingerprint density at radius 3 is 2.38 bits per heavy atom. The Hall–Kier alpha value is -3.21. The minimum Gasteiger partial charge on any atom is -0.368 e. The molecule has 0 saturated carbocycles. The summed E-state index contributed by atoms with van der Waals surface area (Å²) in [6, 6.07) is 15.5. The quantitative estimate of drug-likeness (QED) is 0.598. The van der Waals surface area contributed by atoms with E-state index in [0.717, 1.165) is 68.1 Å². The second-order valence-electron chi connectivity index (χ2n) is 9.72. The molecule has 0 bridgehead atoms. The zero-order valence-corrected chi connectivity index (χ0v) is 20.4. The van der Waals surface area contributed by atoms with Crippen LogP contribution in [0.2, 0.25) is 0 Å². The van der Waals surface area contributed by atoms with Crippen LogP contribution in [0.25, 0.3) is 10.9 Å². The highest BCUT2D eigenvalue weighted by Gasteiger charge is 2.30. The van der Waals surface area contributed by atoms with Gasteiger partial charge in [-0.25, -0.2) is 0 Å². The van der Waals surface area contributed by atoms with Crippen molar-refractivity contribution >= 4 is 22.3 Å². The molecular formula is C27H33N7. The normalized spacial score (nSPS) is 22.2. The number of likely N-dealkylation sites (N-methyl/N-ethyl adjacent to an activating group) is 1. The number of nitriles is 1. The van der Waals surface area contributed by atoms with Gasteiger partial charge in [-0.2, -0.15) is 5.26 Å². The SMILES string of the molecule is C[C@@H]1CN(c2ccc(C#N)c3ncccc23)C[C@H](C)N1Cc1ccc(N2CCN(C)CC2)cn1. The van der Waals surface area contributed by atoms with E-state index in [1.165, 1.54) is 5.69 Å². The molecular weight excluding hydrogens is 422 g/mol. The topological polar surface area (TPSA) is 62.5 Å². The Morgan fingerprint density at radius 1 is 0.941 bits per heavy atom. The molecule has 1 aromatic carbocycles. The van der Waals surface area contributed by atoms with E-state index in [1.54, 1.807) is 6.20 Å². The van der Waals surface area contributed by atoms with Crippen LogP contribution in [-0.4, -0.2) is 78.2 Å². The standard InChI is InChI=1S/C27H33N7/c1-20-17-33(26-9-6-22(15-28)27-25(26)5-4-10-29-27)18-21(2)34(20)19-23-7-8-24(16-30-23)32-13-11-31(3)12-14-32/h4-10,16,20-21H,11-14,17-19H2,1-3H3/t20-,21+. The molecule has 4 heterocycles. The minimum absolute atomic E-state index is 0.380. The molecule has 0 unspecified atom stereocenters. The molecule has 2 aromatic heterocycles. The van der Waals surface area contributed by atoms with Crippen LogP contribution in [0.5, 0.6) is 0 Å². The fourth-order valence-corrected chi connectivity index (χ4v) is 5.34. The molecule has 2 aliphatic rings. The summed E-state index contributed by atoms with van der Waals surface area (Å²) in [5, 5.41) is 10.5. The van der Waals surface area contributed by atoms with Gasteiger partial charge in [0.2, 0.25) is 0 Å². The number of fused-ring (bicyclic) bond motifs is 1. The fraction of sp³-hybridized carbons (Fsp3) is 0.444. The summed E-state index contributed by atoms with van der Waals surface area (Å²) >= 11 is 0. The molecule has 2 aliphatic heterocycles. The smallest absolute Gasteiger partial charge is 0.101 e. The summed E-state index contributed by atoms with van der Waals surface area (Å²) in [7, 11) is 2.18.